The van der Waals surface area contributed by atoms with Gasteiger partial charge in [-0.05, 0) is 49.9 Å². The van der Waals surface area contributed by atoms with Gasteiger partial charge in [0, 0.05) is 36.6 Å². The van der Waals surface area contributed by atoms with Crippen LogP contribution in [-0.2, 0) is 7.05 Å². The van der Waals surface area contributed by atoms with Crippen molar-refractivity contribution < 1.29 is 9.18 Å². The molecule has 138 valence electrons. The Morgan fingerprint density at radius 2 is 1.96 bits per heavy atom. The summed E-state index contributed by atoms with van der Waals surface area (Å²) in [6.07, 6.45) is 6.82. The molecule has 0 spiro atoms. The molecule has 0 atom stereocenters. The zero-order valence-corrected chi connectivity index (χ0v) is 15.5. The average Bonchev–Trinajstić information content (AvgIpc) is 3.41. The highest BCUT2D eigenvalue weighted by Gasteiger charge is 2.25. The predicted molar refractivity (Wildman–Crippen MR) is 100 cm³/mol. The van der Waals surface area contributed by atoms with Crippen molar-refractivity contribution in [2.24, 2.45) is 7.05 Å². The Bertz CT molecular complexity index is 1020. The predicted octanol–water partition coefficient (Wildman–Crippen LogP) is 3.76. The van der Waals surface area contributed by atoms with Gasteiger partial charge in [-0.25, -0.2) is 4.39 Å². The first-order valence-corrected chi connectivity index (χ1v) is 8.86. The number of amides is 1. The molecular weight excluding hydrogens is 345 g/mol. The number of pyridine rings is 2. The molecule has 1 saturated carbocycles. The summed E-state index contributed by atoms with van der Waals surface area (Å²) in [7, 11) is 1.78. The van der Waals surface area contributed by atoms with Gasteiger partial charge in [0.25, 0.3) is 5.91 Å². The van der Waals surface area contributed by atoms with E-state index < -0.39 is 11.7 Å². The molecule has 0 radical (unpaired) electrons. The molecule has 27 heavy (non-hydrogen) atoms. The fourth-order valence-corrected chi connectivity index (χ4v) is 3.15. The summed E-state index contributed by atoms with van der Waals surface area (Å²) in [4.78, 5) is 20.9. The third kappa shape index (κ3) is 3.32. The van der Waals surface area contributed by atoms with E-state index in [0.717, 1.165) is 28.7 Å². The number of rotatable bonds is 4. The highest BCUT2D eigenvalue weighted by Crippen LogP contribution is 2.40. The van der Waals surface area contributed by atoms with E-state index in [1.165, 1.54) is 19.0 Å². The highest BCUT2D eigenvalue weighted by molar-refractivity contribution is 6.04. The summed E-state index contributed by atoms with van der Waals surface area (Å²) in [5, 5.41) is 6.88. The van der Waals surface area contributed by atoms with Gasteiger partial charge in [-0.2, -0.15) is 5.10 Å². The van der Waals surface area contributed by atoms with Crippen molar-refractivity contribution in [1.82, 2.24) is 19.7 Å². The number of hydrogen-bond acceptors (Lipinski definition) is 4. The van der Waals surface area contributed by atoms with Crippen molar-refractivity contribution in [3.8, 4) is 11.3 Å². The summed E-state index contributed by atoms with van der Waals surface area (Å²) in [6.45, 7) is 3.72. The summed E-state index contributed by atoms with van der Waals surface area (Å²) in [5.41, 5.74) is 4.83. The van der Waals surface area contributed by atoms with Crippen LogP contribution in [0.15, 0.2) is 30.7 Å². The van der Waals surface area contributed by atoms with Crippen molar-refractivity contribution in [1.29, 1.82) is 0 Å². The minimum atomic E-state index is -0.574. The molecule has 1 fully saturated rings. The Kier molecular flexibility index (Phi) is 4.22. The summed E-state index contributed by atoms with van der Waals surface area (Å²) in [6, 6.07) is 3.81. The molecule has 1 amide bonds. The van der Waals surface area contributed by atoms with E-state index in [1.54, 1.807) is 24.7 Å². The maximum atomic E-state index is 13.9. The Balaban J connectivity index is 1.62. The molecule has 1 aliphatic carbocycles. The van der Waals surface area contributed by atoms with E-state index >= 15 is 0 Å². The second-order valence-corrected chi connectivity index (χ2v) is 7.00. The average molecular weight is 365 g/mol. The van der Waals surface area contributed by atoms with Gasteiger partial charge in [-0.15, -0.1) is 0 Å². The second-order valence-electron chi connectivity index (χ2n) is 7.00. The quantitative estimate of drug-likeness (QED) is 0.764. The smallest absolute Gasteiger partial charge is 0.276 e. The lowest BCUT2D eigenvalue weighted by atomic mass is 10.1. The lowest BCUT2D eigenvalue weighted by Crippen LogP contribution is -2.15. The third-order valence-electron chi connectivity index (χ3n) is 4.84. The van der Waals surface area contributed by atoms with E-state index in [2.05, 4.69) is 26.4 Å². The van der Waals surface area contributed by atoms with Crippen LogP contribution in [0.5, 0.6) is 0 Å². The fourth-order valence-electron chi connectivity index (χ4n) is 3.15. The molecule has 0 aliphatic heterocycles. The Morgan fingerprint density at radius 1 is 1.19 bits per heavy atom. The molecule has 0 unspecified atom stereocenters. The first-order valence-electron chi connectivity index (χ1n) is 8.86. The van der Waals surface area contributed by atoms with Gasteiger partial charge < -0.3 is 5.32 Å². The molecule has 3 aromatic heterocycles. The largest absolute Gasteiger partial charge is 0.318 e. The van der Waals surface area contributed by atoms with Crippen LogP contribution in [0.4, 0.5) is 10.1 Å². The Hall–Kier alpha value is -3.09. The molecule has 3 aromatic rings. The number of hydrogen-bond donors (Lipinski definition) is 1. The van der Waals surface area contributed by atoms with Crippen molar-refractivity contribution in [3.05, 3.63) is 59.1 Å². The third-order valence-corrected chi connectivity index (χ3v) is 4.84. The van der Waals surface area contributed by atoms with Crippen LogP contribution in [0.2, 0.25) is 0 Å². The number of nitrogens with zero attached hydrogens (tertiary/aromatic N) is 4. The van der Waals surface area contributed by atoms with Crippen molar-refractivity contribution in [2.75, 3.05) is 5.32 Å². The first kappa shape index (κ1) is 17.3. The van der Waals surface area contributed by atoms with Crippen LogP contribution in [0.25, 0.3) is 11.3 Å². The van der Waals surface area contributed by atoms with Crippen molar-refractivity contribution >= 4 is 11.6 Å². The van der Waals surface area contributed by atoms with E-state index in [4.69, 9.17) is 0 Å². The van der Waals surface area contributed by atoms with Crippen LogP contribution >= 0.6 is 0 Å². The highest BCUT2D eigenvalue weighted by atomic mass is 19.1. The van der Waals surface area contributed by atoms with Gasteiger partial charge in [0.1, 0.15) is 0 Å². The van der Waals surface area contributed by atoms with Gasteiger partial charge in [-0.1, -0.05) is 0 Å². The van der Waals surface area contributed by atoms with Gasteiger partial charge in [0.05, 0.1) is 17.6 Å². The summed E-state index contributed by atoms with van der Waals surface area (Å²) >= 11 is 0. The number of carbonyl (C=O) groups is 1. The van der Waals surface area contributed by atoms with Crippen LogP contribution < -0.4 is 5.32 Å². The van der Waals surface area contributed by atoms with Crippen molar-refractivity contribution in [3.63, 3.8) is 0 Å². The Labute approximate surface area is 156 Å². The fraction of sp³-hybridized carbons (Fsp3) is 0.300. The molecule has 6 nitrogen and oxygen atoms in total. The van der Waals surface area contributed by atoms with Gasteiger partial charge >= 0.3 is 0 Å². The van der Waals surface area contributed by atoms with E-state index in [-0.39, 0.29) is 11.4 Å². The van der Waals surface area contributed by atoms with E-state index in [0.29, 0.717) is 11.5 Å². The first-order chi connectivity index (χ1) is 12.9. The lowest BCUT2D eigenvalue weighted by molar-refractivity contribution is 0.102. The number of anilines is 1. The SMILES string of the molecule is Cc1cc(C2CC2)ncc1-c1cc(C(=O)Nc2c(C)cncc2F)nn1C. The standard InChI is InChI=1S/C20H20FN5O/c1-11-6-16(13-4-5-13)23-9-14(11)18-7-17(25-26(18)3)20(27)24-19-12(2)8-22-10-15(19)21/h6-10,13H,4-5H2,1-3H3,(H,22,24,27). The topological polar surface area (TPSA) is 72.7 Å². The van der Waals surface area contributed by atoms with Crippen LogP contribution in [-0.4, -0.2) is 25.7 Å². The molecule has 0 saturated heterocycles. The number of aromatic nitrogens is 4. The van der Waals surface area contributed by atoms with Gasteiger partial charge in [-0.3, -0.25) is 19.4 Å². The van der Waals surface area contributed by atoms with Gasteiger partial charge in [0.15, 0.2) is 11.5 Å². The molecule has 1 N–H and O–H groups in total. The lowest BCUT2D eigenvalue weighted by Gasteiger charge is -2.07. The zero-order chi connectivity index (χ0) is 19.1. The molecule has 0 aromatic carbocycles. The zero-order valence-electron chi connectivity index (χ0n) is 15.5. The van der Waals surface area contributed by atoms with Crippen LogP contribution in [0.3, 0.4) is 0 Å². The van der Waals surface area contributed by atoms with E-state index in [9.17, 15) is 9.18 Å². The number of nitrogens with one attached hydrogen (secondary N) is 1. The number of carbonyl (C=O) groups excluding carboxylic acids is 1. The minimum absolute atomic E-state index is 0.119. The number of halogens is 1. The molecule has 0 bridgehead atoms. The van der Waals surface area contributed by atoms with Gasteiger partial charge in [0.2, 0.25) is 0 Å². The molecule has 1 aliphatic rings. The number of aryl methyl sites for hydroxylation is 3. The normalized spacial score (nSPS) is 13.6. The van der Waals surface area contributed by atoms with Crippen LogP contribution in [0.1, 0.15) is 46.1 Å². The molecule has 7 heteroatoms. The summed E-state index contributed by atoms with van der Waals surface area (Å²) < 4.78 is 15.6. The second kappa shape index (κ2) is 6.57. The monoisotopic (exact) mass is 365 g/mol. The van der Waals surface area contributed by atoms with E-state index in [1.807, 2.05) is 13.1 Å². The van der Waals surface area contributed by atoms with Crippen molar-refractivity contribution in [2.45, 2.75) is 32.6 Å². The molecule has 4 rings (SSSR count). The molecule has 3 heterocycles. The summed E-state index contributed by atoms with van der Waals surface area (Å²) in [5.74, 6) is -0.454. The maximum absolute atomic E-state index is 13.9. The molecular formula is C20H20FN5O. The maximum Gasteiger partial charge on any atom is 0.276 e. The van der Waals surface area contributed by atoms with Crippen LogP contribution in [0, 0.1) is 19.7 Å². The minimum Gasteiger partial charge on any atom is -0.318 e. The Morgan fingerprint density at radius 3 is 2.63 bits per heavy atom.